The monoisotopic (exact) mass is 219 g/mol. The lowest BCUT2D eigenvalue weighted by Gasteiger charge is -2.26. The van der Waals surface area contributed by atoms with E-state index in [-0.39, 0.29) is 5.91 Å². The first-order valence-electron chi connectivity index (χ1n) is 5.71. The number of carbonyl (C=O) groups excluding carboxylic acids is 1. The van der Waals surface area contributed by atoms with Crippen molar-refractivity contribution in [1.82, 2.24) is 15.8 Å². The molecule has 1 saturated heterocycles. The number of hydrogen-bond acceptors (Lipinski definition) is 3. The van der Waals surface area contributed by atoms with Gasteiger partial charge in [0.05, 0.1) is 5.57 Å². The molecule has 86 valence electrons. The average Bonchev–Trinajstić information content (AvgIpc) is 2.59. The quantitative estimate of drug-likeness (QED) is 0.730. The Balaban J connectivity index is 1.89. The Morgan fingerprint density at radius 2 is 2.06 bits per heavy atom. The highest BCUT2D eigenvalue weighted by atomic mass is 16.2. The Bertz CT molecular complexity index is 338. The minimum Gasteiger partial charge on any atom is -0.367 e. The smallest absolute Gasteiger partial charge is 0.267 e. The molecule has 4 heteroatoms. The van der Waals surface area contributed by atoms with Gasteiger partial charge in [-0.25, -0.2) is 5.01 Å². The summed E-state index contributed by atoms with van der Waals surface area (Å²) in [5.41, 5.74) is 3.57. The molecule has 0 saturated carbocycles. The highest BCUT2D eigenvalue weighted by Gasteiger charge is 2.14. The number of nitrogens with one attached hydrogen (secondary N) is 2. The predicted octanol–water partition coefficient (Wildman–Crippen LogP) is 1.06. The van der Waals surface area contributed by atoms with Gasteiger partial charge in [0.2, 0.25) is 0 Å². The second-order valence-electron chi connectivity index (χ2n) is 3.97. The molecule has 4 nitrogen and oxygen atoms in total. The predicted molar refractivity (Wildman–Crippen MR) is 63.1 cm³/mol. The number of hydrazine groups is 1. The third kappa shape index (κ3) is 2.97. The van der Waals surface area contributed by atoms with Crippen LogP contribution in [0, 0.1) is 0 Å². The van der Waals surface area contributed by atoms with Gasteiger partial charge < -0.3 is 5.32 Å². The lowest BCUT2D eigenvalue weighted by atomic mass is 10.2. The SMILES string of the molecule is O=C(NN1CCCCC1)C1=CNC=CC=C1. The van der Waals surface area contributed by atoms with Crippen molar-refractivity contribution >= 4 is 5.91 Å². The number of hydrogen-bond donors (Lipinski definition) is 2. The maximum Gasteiger partial charge on any atom is 0.267 e. The van der Waals surface area contributed by atoms with Gasteiger partial charge in [0.15, 0.2) is 0 Å². The third-order valence-electron chi connectivity index (χ3n) is 2.70. The summed E-state index contributed by atoms with van der Waals surface area (Å²) in [5.74, 6) is -0.0469. The van der Waals surface area contributed by atoms with E-state index in [9.17, 15) is 4.79 Å². The normalized spacial score (nSPS) is 20.9. The molecule has 16 heavy (non-hydrogen) atoms. The van der Waals surface area contributed by atoms with Crippen LogP contribution < -0.4 is 10.7 Å². The number of nitrogens with zero attached hydrogens (tertiary/aromatic N) is 1. The molecule has 0 unspecified atom stereocenters. The Kier molecular flexibility index (Phi) is 3.77. The van der Waals surface area contributed by atoms with Gasteiger partial charge >= 0.3 is 0 Å². The fourth-order valence-electron chi connectivity index (χ4n) is 1.81. The van der Waals surface area contributed by atoms with Gasteiger partial charge in [0.1, 0.15) is 0 Å². The summed E-state index contributed by atoms with van der Waals surface area (Å²) in [6, 6.07) is 0. The summed E-state index contributed by atoms with van der Waals surface area (Å²) in [7, 11) is 0. The zero-order valence-corrected chi connectivity index (χ0v) is 9.28. The summed E-state index contributed by atoms with van der Waals surface area (Å²) in [6.45, 7) is 1.91. The second kappa shape index (κ2) is 5.51. The molecule has 2 aliphatic heterocycles. The van der Waals surface area contributed by atoms with Crippen LogP contribution >= 0.6 is 0 Å². The number of rotatable bonds is 2. The van der Waals surface area contributed by atoms with Crippen LogP contribution in [0.5, 0.6) is 0 Å². The number of piperidine rings is 1. The molecule has 1 fully saturated rings. The first kappa shape index (κ1) is 11.0. The summed E-state index contributed by atoms with van der Waals surface area (Å²) in [5, 5.41) is 4.93. The number of allylic oxidation sites excluding steroid dienone is 2. The fourth-order valence-corrected chi connectivity index (χ4v) is 1.81. The standard InChI is InChI=1S/C12H17N3O/c16-12(11-6-2-3-7-13-10-11)14-15-8-4-1-5-9-15/h2-3,6-7,10,13H,1,4-5,8-9H2,(H,14,16). The largest absolute Gasteiger partial charge is 0.367 e. The molecular formula is C12H17N3O. The van der Waals surface area contributed by atoms with E-state index in [1.54, 1.807) is 18.5 Å². The van der Waals surface area contributed by atoms with Crippen LogP contribution in [0.25, 0.3) is 0 Å². The highest BCUT2D eigenvalue weighted by Crippen LogP contribution is 2.07. The van der Waals surface area contributed by atoms with Crippen LogP contribution in [0.1, 0.15) is 19.3 Å². The van der Waals surface area contributed by atoms with E-state index in [0.29, 0.717) is 5.57 Å². The van der Waals surface area contributed by atoms with Crippen LogP contribution in [-0.2, 0) is 4.79 Å². The molecular weight excluding hydrogens is 202 g/mol. The van der Waals surface area contributed by atoms with Crippen molar-refractivity contribution in [3.8, 4) is 0 Å². The molecule has 2 rings (SSSR count). The lowest BCUT2D eigenvalue weighted by molar-refractivity contribution is -0.122. The van der Waals surface area contributed by atoms with Gasteiger partial charge in [-0.15, -0.1) is 0 Å². The van der Waals surface area contributed by atoms with E-state index in [2.05, 4.69) is 10.7 Å². The van der Waals surface area contributed by atoms with Crippen molar-refractivity contribution in [3.63, 3.8) is 0 Å². The topological polar surface area (TPSA) is 44.4 Å². The first-order chi connectivity index (χ1) is 7.86. The molecule has 1 amide bonds. The average molecular weight is 219 g/mol. The molecule has 0 aliphatic carbocycles. The maximum atomic E-state index is 11.9. The van der Waals surface area contributed by atoms with Crippen molar-refractivity contribution in [2.75, 3.05) is 13.1 Å². The van der Waals surface area contributed by atoms with Gasteiger partial charge in [-0.2, -0.15) is 0 Å². The van der Waals surface area contributed by atoms with E-state index in [0.717, 1.165) is 25.9 Å². The Labute approximate surface area is 95.7 Å². The van der Waals surface area contributed by atoms with E-state index in [4.69, 9.17) is 0 Å². The molecule has 2 heterocycles. The molecule has 0 atom stereocenters. The van der Waals surface area contributed by atoms with Gasteiger partial charge in [-0.05, 0) is 25.0 Å². The van der Waals surface area contributed by atoms with E-state index < -0.39 is 0 Å². The third-order valence-corrected chi connectivity index (χ3v) is 2.70. The molecule has 0 spiro atoms. The zero-order valence-electron chi connectivity index (χ0n) is 9.28. The van der Waals surface area contributed by atoms with Crippen LogP contribution in [0.2, 0.25) is 0 Å². The Hall–Kier alpha value is -1.55. The van der Waals surface area contributed by atoms with Crippen molar-refractivity contribution in [1.29, 1.82) is 0 Å². The summed E-state index contributed by atoms with van der Waals surface area (Å²) < 4.78 is 0. The minimum atomic E-state index is -0.0469. The van der Waals surface area contributed by atoms with E-state index in [1.165, 1.54) is 6.42 Å². The molecule has 0 aromatic rings. The lowest BCUT2D eigenvalue weighted by Crippen LogP contribution is -2.45. The van der Waals surface area contributed by atoms with Crippen molar-refractivity contribution < 1.29 is 4.79 Å². The summed E-state index contributed by atoms with van der Waals surface area (Å²) in [4.78, 5) is 11.9. The van der Waals surface area contributed by atoms with Crippen LogP contribution in [0.4, 0.5) is 0 Å². The van der Waals surface area contributed by atoms with E-state index >= 15 is 0 Å². The van der Waals surface area contributed by atoms with Crippen LogP contribution in [0.3, 0.4) is 0 Å². The van der Waals surface area contributed by atoms with E-state index in [1.807, 2.05) is 17.2 Å². The maximum absolute atomic E-state index is 11.9. The summed E-state index contributed by atoms with van der Waals surface area (Å²) >= 11 is 0. The van der Waals surface area contributed by atoms with Crippen molar-refractivity contribution in [3.05, 3.63) is 36.2 Å². The van der Waals surface area contributed by atoms with Crippen LogP contribution in [-0.4, -0.2) is 24.0 Å². The van der Waals surface area contributed by atoms with Crippen LogP contribution in [0.15, 0.2) is 36.2 Å². The molecule has 0 bridgehead atoms. The Morgan fingerprint density at radius 1 is 1.25 bits per heavy atom. The fraction of sp³-hybridized carbons (Fsp3) is 0.417. The molecule has 2 N–H and O–H groups in total. The number of amides is 1. The Morgan fingerprint density at radius 3 is 2.88 bits per heavy atom. The molecule has 0 radical (unpaired) electrons. The van der Waals surface area contributed by atoms with Gasteiger partial charge in [-0.1, -0.05) is 12.5 Å². The van der Waals surface area contributed by atoms with Crippen molar-refractivity contribution in [2.24, 2.45) is 0 Å². The molecule has 2 aliphatic rings. The second-order valence-corrected chi connectivity index (χ2v) is 3.97. The minimum absolute atomic E-state index is 0.0469. The zero-order chi connectivity index (χ0) is 11.2. The molecule has 0 aromatic carbocycles. The van der Waals surface area contributed by atoms with Gasteiger partial charge in [0, 0.05) is 25.5 Å². The first-order valence-corrected chi connectivity index (χ1v) is 5.71. The highest BCUT2D eigenvalue weighted by molar-refractivity contribution is 5.95. The van der Waals surface area contributed by atoms with Gasteiger partial charge in [0.25, 0.3) is 5.91 Å². The van der Waals surface area contributed by atoms with Gasteiger partial charge in [-0.3, -0.25) is 10.2 Å². The molecule has 0 aromatic heterocycles. The summed E-state index contributed by atoms with van der Waals surface area (Å²) in [6.07, 6.45) is 12.6. The number of carbonyl (C=O) groups is 1. The van der Waals surface area contributed by atoms with Crippen molar-refractivity contribution in [2.45, 2.75) is 19.3 Å².